The van der Waals surface area contributed by atoms with Gasteiger partial charge in [-0.15, -0.1) is 0 Å². The molecule has 2 nitrogen and oxygen atoms in total. The molecule has 64 valence electrons. The standard InChI is InChI=1S/C9H16O2/c1-9(2,11-3)6-8(10)7-4-5-7/h7H,4-6H2,1-3H3. The normalized spacial score (nSPS) is 18.5. The van der Waals surface area contributed by atoms with Gasteiger partial charge in [-0.25, -0.2) is 0 Å². The summed E-state index contributed by atoms with van der Waals surface area (Å²) in [4.78, 5) is 11.3. The highest BCUT2D eigenvalue weighted by Gasteiger charge is 2.33. The molecule has 0 unspecified atom stereocenters. The Morgan fingerprint density at radius 2 is 2.09 bits per heavy atom. The van der Waals surface area contributed by atoms with E-state index in [1.165, 1.54) is 0 Å². The average molecular weight is 156 g/mol. The zero-order valence-corrected chi connectivity index (χ0v) is 7.52. The molecule has 0 amide bonds. The van der Waals surface area contributed by atoms with Crippen LogP contribution in [0.3, 0.4) is 0 Å². The summed E-state index contributed by atoms with van der Waals surface area (Å²) in [6, 6.07) is 0. The monoisotopic (exact) mass is 156 g/mol. The van der Waals surface area contributed by atoms with Gasteiger partial charge in [-0.05, 0) is 26.7 Å². The van der Waals surface area contributed by atoms with Gasteiger partial charge in [-0.3, -0.25) is 4.79 Å². The molecule has 11 heavy (non-hydrogen) atoms. The topological polar surface area (TPSA) is 26.3 Å². The maximum Gasteiger partial charge on any atom is 0.138 e. The van der Waals surface area contributed by atoms with Gasteiger partial charge in [0.1, 0.15) is 5.78 Å². The van der Waals surface area contributed by atoms with E-state index in [4.69, 9.17) is 4.74 Å². The molecule has 1 aliphatic carbocycles. The molecule has 0 aliphatic heterocycles. The van der Waals surface area contributed by atoms with Crippen LogP contribution in [0.15, 0.2) is 0 Å². The van der Waals surface area contributed by atoms with Gasteiger partial charge in [0.15, 0.2) is 0 Å². The van der Waals surface area contributed by atoms with Gasteiger partial charge in [0.2, 0.25) is 0 Å². The number of Topliss-reactive ketones (excluding diaryl/α,β-unsaturated/α-hetero) is 1. The Morgan fingerprint density at radius 1 is 1.55 bits per heavy atom. The molecule has 0 heterocycles. The molecule has 0 bridgehead atoms. The molecule has 1 rings (SSSR count). The molecule has 0 saturated heterocycles. The Balaban J connectivity index is 2.33. The van der Waals surface area contributed by atoms with Crippen LogP contribution in [0.25, 0.3) is 0 Å². The maximum absolute atomic E-state index is 11.3. The van der Waals surface area contributed by atoms with E-state index in [-0.39, 0.29) is 5.60 Å². The number of methoxy groups -OCH3 is 1. The summed E-state index contributed by atoms with van der Waals surface area (Å²) in [6.07, 6.45) is 2.76. The summed E-state index contributed by atoms with van der Waals surface area (Å²) in [5, 5.41) is 0. The van der Waals surface area contributed by atoms with Crippen LogP contribution in [0.1, 0.15) is 33.1 Å². The molecule has 2 heteroatoms. The summed E-state index contributed by atoms with van der Waals surface area (Å²) in [5.74, 6) is 0.737. The second kappa shape index (κ2) is 2.94. The first-order valence-corrected chi connectivity index (χ1v) is 4.13. The minimum Gasteiger partial charge on any atom is -0.378 e. The summed E-state index contributed by atoms with van der Waals surface area (Å²) >= 11 is 0. The largest absolute Gasteiger partial charge is 0.378 e. The Labute approximate surface area is 67.9 Å². The van der Waals surface area contributed by atoms with Crippen LogP contribution >= 0.6 is 0 Å². The van der Waals surface area contributed by atoms with E-state index in [1.54, 1.807) is 7.11 Å². The second-order valence-corrected chi connectivity index (χ2v) is 3.88. The third kappa shape index (κ3) is 2.62. The molecule has 1 saturated carbocycles. The first-order chi connectivity index (χ1) is 5.05. The summed E-state index contributed by atoms with van der Waals surface area (Å²) in [5.41, 5.74) is -0.264. The molecule has 0 spiro atoms. The van der Waals surface area contributed by atoms with Gasteiger partial charge >= 0.3 is 0 Å². The number of carbonyl (C=O) groups excluding carboxylic acids is 1. The Kier molecular flexibility index (Phi) is 2.33. The van der Waals surface area contributed by atoms with Crippen molar-refractivity contribution < 1.29 is 9.53 Å². The lowest BCUT2D eigenvalue weighted by Crippen LogP contribution is -2.26. The minimum atomic E-state index is -0.264. The number of rotatable bonds is 4. The molecule has 0 radical (unpaired) electrons. The van der Waals surface area contributed by atoms with Crippen molar-refractivity contribution in [3.05, 3.63) is 0 Å². The Hall–Kier alpha value is -0.370. The van der Waals surface area contributed by atoms with Crippen LogP contribution in [0, 0.1) is 5.92 Å². The van der Waals surface area contributed by atoms with Crippen LogP contribution in [0.4, 0.5) is 0 Å². The highest BCUT2D eigenvalue weighted by Crippen LogP contribution is 2.33. The highest BCUT2D eigenvalue weighted by atomic mass is 16.5. The van der Waals surface area contributed by atoms with E-state index in [0.717, 1.165) is 12.8 Å². The molecule has 1 fully saturated rings. The van der Waals surface area contributed by atoms with Gasteiger partial charge in [0, 0.05) is 19.4 Å². The van der Waals surface area contributed by atoms with E-state index in [1.807, 2.05) is 13.8 Å². The lowest BCUT2D eigenvalue weighted by atomic mass is 9.99. The molecular weight excluding hydrogens is 140 g/mol. The van der Waals surface area contributed by atoms with Crippen LogP contribution in [-0.2, 0) is 9.53 Å². The highest BCUT2D eigenvalue weighted by molar-refractivity contribution is 5.83. The number of hydrogen-bond acceptors (Lipinski definition) is 2. The fourth-order valence-corrected chi connectivity index (χ4v) is 1.04. The van der Waals surface area contributed by atoms with Crippen LogP contribution in [-0.4, -0.2) is 18.5 Å². The average Bonchev–Trinajstić information content (AvgIpc) is 2.67. The molecule has 1 aliphatic rings. The van der Waals surface area contributed by atoms with Crippen LogP contribution in [0.5, 0.6) is 0 Å². The first kappa shape index (κ1) is 8.72. The van der Waals surface area contributed by atoms with E-state index in [9.17, 15) is 4.79 Å². The predicted molar refractivity (Wildman–Crippen MR) is 43.4 cm³/mol. The van der Waals surface area contributed by atoms with Crippen molar-refractivity contribution in [2.45, 2.75) is 38.7 Å². The summed E-state index contributed by atoms with van der Waals surface area (Å²) in [6.45, 7) is 3.90. The minimum absolute atomic E-state index is 0.264. The second-order valence-electron chi connectivity index (χ2n) is 3.88. The van der Waals surface area contributed by atoms with Crippen LogP contribution in [0.2, 0.25) is 0 Å². The van der Waals surface area contributed by atoms with E-state index < -0.39 is 0 Å². The number of ether oxygens (including phenoxy) is 1. The summed E-state index contributed by atoms with van der Waals surface area (Å²) in [7, 11) is 1.65. The maximum atomic E-state index is 11.3. The van der Waals surface area contributed by atoms with Crippen molar-refractivity contribution in [2.75, 3.05) is 7.11 Å². The van der Waals surface area contributed by atoms with Crippen molar-refractivity contribution in [1.82, 2.24) is 0 Å². The first-order valence-electron chi connectivity index (χ1n) is 4.13. The predicted octanol–water partition coefficient (Wildman–Crippen LogP) is 1.78. The van der Waals surface area contributed by atoms with E-state index in [2.05, 4.69) is 0 Å². The van der Waals surface area contributed by atoms with Crippen molar-refractivity contribution >= 4 is 5.78 Å². The van der Waals surface area contributed by atoms with Gasteiger partial charge in [0.05, 0.1) is 5.60 Å². The zero-order chi connectivity index (χ0) is 8.48. The van der Waals surface area contributed by atoms with Crippen molar-refractivity contribution in [3.8, 4) is 0 Å². The molecule has 0 aromatic rings. The molecular formula is C9H16O2. The Morgan fingerprint density at radius 3 is 2.45 bits per heavy atom. The van der Waals surface area contributed by atoms with Gasteiger partial charge in [-0.1, -0.05) is 0 Å². The van der Waals surface area contributed by atoms with Gasteiger partial charge in [-0.2, -0.15) is 0 Å². The lowest BCUT2D eigenvalue weighted by molar-refractivity contribution is -0.125. The van der Waals surface area contributed by atoms with Crippen molar-refractivity contribution in [3.63, 3.8) is 0 Å². The fourth-order valence-electron chi connectivity index (χ4n) is 1.04. The number of ketones is 1. The zero-order valence-electron chi connectivity index (χ0n) is 7.52. The number of carbonyl (C=O) groups is 1. The smallest absolute Gasteiger partial charge is 0.138 e. The third-order valence-electron chi connectivity index (χ3n) is 2.19. The number of hydrogen-bond donors (Lipinski definition) is 0. The van der Waals surface area contributed by atoms with E-state index in [0.29, 0.717) is 18.1 Å². The van der Waals surface area contributed by atoms with Gasteiger partial charge < -0.3 is 4.74 Å². The van der Waals surface area contributed by atoms with Crippen molar-refractivity contribution in [1.29, 1.82) is 0 Å². The Bertz CT molecular complexity index is 157. The molecule has 0 aromatic heterocycles. The molecule has 0 aromatic carbocycles. The quantitative estimate of drug-likeness (QED) is 0.620. The third-order valence-corrected chi connectivity index (χ3v) is 2.19. The lowest BCUT2D eigenvalue weighted by Gasteiger charge is -2.21. The fraction of sp³-hybridized carbons (Fsp3) is 0.889. The molecule has 0 N–H and O–H groups in total. The van der Waals surface area contributed by atoms with Crippen LogP contribution < -0.4 is 0 Å². The SMILES string of the molecule is COC(C)(C)CC(=O)C1CC1. The summed E-state index contributed by atoms with van der Waals surface area (Å²) < 4.78 is 5.17. The van der Waals surface area contributed by atoms with Crippen molar-refractivity contribution in [2.24, 2.45) is 5.92 Å². The van der Waals surface area contributed by atoms with Gasteiger partial charge in [0.25, 0.3) is 0 Å². The van der Waals surface area contributed by atoms with E-state index >= 15 is 0 Å². The molecule has 0 atom stereocenters.